The van der Waals surface area contributed by atoms with Gasteiger partial charge in [-0.05, 0) is 30.7 Å². The Bertz CT molecular complexity index is 535. The van der Waals surface area contributed by atoms with E-state index >= 15 is 0 Å². The largest absolute Gasteiger partial charge is 0.460 e. The van der Waals surface area contributed by atoms with Gasteiger partial charge in [0.25, 0.3) is 0 Å². The quantitative estimate of drug-likeness (QED) is 0.656. The summed E-state index contributed by atoms with van der Waals surface area (Å²) in [5.41, 5.74) is 7.57. The predicted molar refractivity (Wildman–Crippen MR) is 68.1 cm³/mol. The van der Waals surface area contributed by atoms with Crippen LogP contribution >= 0.6 is 0 Å². The molecule has 0 saturated heterocycles. The SMILES string of the molecule is Cc1ccc(N)cc1C(=O)OCCn1cccn1. The topological polar surface area (TPSA) is 70.1 Å². The average Bonchev–Trinajstić information content (AvgIpc) is 2.85. The predicted octanol–water partition coefficient (Wildman–Crippen LogP) is 1.63. The first-order chi connectivity index (χ1) is 8.66. The van der Waals surface area contributed by atoms with Crippen molar-refractivity contribution in [3.63, 3.8) is 0 Å². The minimum absolute atomic E-state index is 0.286. The van der Waals surface area contributed by atoms with Crippen LogP contribution in [0.4, 0.5) is 5.69 Å². The van der Waals surface area contributed by atoms with Crippen LogP contribution in [0.2, 0.25) is 0 Å². The highest BCUT2D eigenvalue weighted by molar-refractivity contribution is 5.92. The van der Waals surface area contributed by atoms with Gasteiger partial charge in [-0.15, -0.1) is 0 Å². The van der Waals surface area contributed by atoms with Crippen molar-refractivity contribution in [3.8, 4) is 0 Å². The molecule has 1 aromatic heterocycles. The molecule has 18 heavy (non-hydrogen) atoms. The van der Waals surface area contributed by atoms with Gasteiger partial charge in [-0.3, -0.25) is 4.68 Å². The molecule has 5 nitrogen and oxygen atoms in total. The van der Waals surface area contributed by atoms with E-state index in [1.807, 2.05) is 19.2 Å². The summed E-state index contributed by atoms with van der Waals surface area (Å²) in [6, 6.07) is 7.02. The lowest BCUT2D eigenvalue weighted by atomic mass is 10.1. The maximum Gasteiger partial charge on any atom is 0.338 e. The summed E-state index contributed by atoms with van der Waals surface area (Å²) in [5, 5.41) is 4.02. The first-order valence-corrected chi connectivity index (χ1v) is 5.67. The third-order valence-electron chi connectivity index (χ3n) is 2.59. The van der Waals surface area contributed by atoms with Crippen molar-refractivity contribution >= 4 is 11.7 Å². The second-order valence-electron chi connectivity index (χ2n) is 3.98. The van der Waals surface area contributed by atoms with Crippen molar-refractivity contribution in [1.82, 2.24) is 9.78 Å². The van der Waals surface area contributed by atoms with Crippen molar-refractivity contribution in [2.24, 2.45) is 0 Å². The number of nitrogen functional groups attached to an aromatic ring is 1. The highest BCUT2D eigenvalue weighted by Crippen LogP contribution is 2.13. The summed E-state index contributed by atoms with van der Waals surface area (Å²) in [7, 11) is 0. The lowest BCUT2D eigenvalue weighted by Crippen LogP contribution is -2.13. The van der Waals surface area contributed by atoms with Crippen LogP contribution in [0.15, 0.2) is 36.7 Å². The Morgan fingerprint density at radius 3 is 3.06 bits per heavy atom. The molecule has 1 heterocycles. The standard InChI is InChI=1S/C13H15N3O2/c1-10-3-4-11(14)9-12(10)13(17)18-8-7-16-6-2-5-15-16/h2-6,9H,7-8,14H2,1H3. The number of esters is 1. The average molecular weight is 245 g/mol. The lowest BCUT2D eigenvalue weighted by Gasteiger charge is -2.08. The van der Waals surface area contributed by atoms with Gasteiger partial charge in [0, 0.05) is 18.1 Å². The van der Waals surface area contributed by atoms with E-state index in [-0.39, 0.29) is 12.6 Å². The third kappa shape index (κ3) is 2.88. The van der Waals surface area contributed by atoms with Gasteiger partial charge in [0.15, 0.2) is 0 Å². The van der Waals surface area contributed by atoms with E-state index in [1.165, 1.54) is 0 Å². The van der Waals surface area contributed by atoms with Gasteiger partial charge in [-0.1, -0.05) is 6.07 Å². The Morgan fingerprint density at radius 1 is 1.50 bits per heavy atom. The van der Waals surface area contributed by atoms with Gasteiger partial charge in [0.1, 0.15) is 6.61 Å². The Labute approximate surface area is 105 Å². The zero-order valence-corrected chi connectivity index (χ0v) is 10.2. The number of aryl methyl sites for hydroxylation is 1. The number of nitrogens with zero attached hydrogens (tertiary/aromatic N) is 2. The van der Waals surface area contributed by atoms with E-state index in [4.69, 9.17) is 10.5 Å². The first-order valence-electron chi connectivity index (χ1n) is 5.67. The molecule has 0 fully saturated rings. The van der Waals surface area contributed by atoms with Gasteiger partial charge in [0.2, 0.25) is 0 Å². The van der Waals surface area contributed by atoms with Crippen molar-refractivity contribution < 1.29 is 9.53 Å². The zero-order valence-electron chi connectivity index (χ0n) is 10.2. The van der Waals surface area contributed by atoms with Gasteiger partial charge in [-0.2, -0.15) is 5.10 Å². The second kappa shape index (κ2) is 5.35. The van der Waals surface area contributed by atoms with E-state index in [1.54, 1.807) is 29.1 Å². The van der Waals surface area contributed by atoms with Crippen LogP contribution < -0.4 is 5.73 Å². The summed E-state index contributed by atoms with van der Waals surface area (Å²) in [6.07, 6.45) is 3.50. The number of benzene rings is 1. The van der Waals surface area contributed by atoms with Crippen LogP contribution in [-0.2, 0) is 11.3 Å². The molecule has 0 bridgehead atoms. The lowest BCUT2D eigenvalue weighted by molar-refractivity contribution is 0.0487. The van der Waals surface area contributed by atoms with Crippen molar-refractivity contribution in [1.29, 1.82) is 0 Å². The van der Waals surface area contributed by atoms with Crippen molar-refractivity contribution in [2.45, 2.75) is 13.5 Å². The van der Waals surface area contributed by atoms with E-state index in [0.29, 0.717) is 17.8 Å². The number of ether oxygens (including phenoxy) is 1. The number of anilines is 1. The molecule has 2 rings (SSSR count). The molecular weight excluding hydrogens is 230 g/mol. The molecule has 1 aromatic carbocycles. The molecule has 2 aromatic rings. The molecule has 0 spiro atoms. The van der Waals surface area contributed by atoms with Crippen LogP contribution in [0.3, 0.4) is 0 Å². The normalized spacial score (nSPS) is 10.3. The minimum Gasteiger partial charge on any atom is -0.460 e. The Morgan fingerprint density at radius 2 is 2.33 bits per heavy atom. The number of hydrogen-bond acceptors (Lipinski definition) is 4. The van der Waals surface area contributed by atoms with Crippen molar-refractivity contribution in [3.05, 3.63) is 47.8 Å². The minimum atomic E-state index is -0.355. The fourth-order valence-corrected chi connectivity index (χ4v) is 1.60. The van der Waals surface area contributed by atoms with Crippen LogP contribution in [0.5, 0.6) is 0 Å². The number of carbonyl (C=O) groups excluding carboxylic acids is 1. The molecule has 0 saturated carbocycles. The molecule has 0 radical (unpaired) electrons. The number of aromatic nitrogens is 2. The summed E-state index contributed by atoms with van der Waals surface area (Å²) in [5.74, 6) is -0.355. The van der Waals surface area contributed by atoms with Crippen LogP contribution in [0.25, 0.3) is 0 Å². The van der Waals surface area contributed by atoms with Crippen LogP contribution in [-0.4, -0.2) is 22.4 Å². The van der Waals surface area contributed by atoms with Crippen molar-refractivity contribution in [2.75, 3.05) is 12.3 Å². The number of carbonyl (C=O) groups is 1. The van der Waals surface area contributed by atoms with Gasteiger partial charge >= 0.3 is 5.97 Å². The van der Waals surface area contributed by atoms with E-state index in [9.17, 15) is 4.79 Å². The Hall–Kier alpha value is -2.30. The molecule has 0 amide bonds. The summed E-state index contributed by atoms with van der Waals surface area (Å²) < 4.78 is 6.89. The molecule has 0 aliphatic carbocycles. The maximum absolute atomic E-state index is 11.8. The Balaban J connectivity index is 1.93. The molecule has 2 N–H and O–H groups in total. The van der Waals surface area contributed by atoms with Gasteiger partial charge in [0.05, 0.1) is 12.1 Å². The Kier molecular flexibility index (Phi) is 3.62. The monoisotopic (exact) mass is 245 g/mol. The van der Waals surface area contributed by atoms with E-state index in [2.05, 4.69) is 5.10 Å². The molecular formula is C13H15N3O2. The summed E-state index contributed by atoms with van der Waals surface area (Å²) in [6.45, 7) is 2.68. The summed E-state index contributed by atoms with van der Waals surface area (Å²) in [4.78, 5) is 11.8. The molecule has 0 atom stereocenters. The number of hydrogen-bond donors (Lipinski definition) is 1. The third-order valence-corrected chi connectivity index (χ3v) is 2.59. The highest BCUT2D eigenvalue weighted by Gasteiger charge is 2.10. The second-order valence-corrected chi connectivity index (χ2v) is 3.98. The molecule has 5 heteroatoms. The number of rotatable bonds is 4. The van der Waals surface area contributed by atoms with Gasteiger partial charge in [-0.25, -0.2) is 4.79 Å². The molecule has 94 valence electrons. The molecule has 0 aliphatic rings. The molecule has 0 unspecified atom stereocenters. The fourth-order valence-electron chi connectivity index (χ4n) is 1.60. The highest BCUT2D eigenvalue weighted by atomic mass is 16.5. The maximum atomic E-state index is 11.8. The summed E-state index contributed by atoms with van der Waals surface area (Å²) >= 11 is 0. The number of nitrogens with two attached hydrogens (primary N) is 1. The fraction of sp³-hybridized carbons (Fsp3) is 0.231. The van der Waals surface area contributed by atoms with Crippen LogP contribution in [0, 0.1) is 6.92 Å². The smallest absolute Gasteiger partial charge is 0.338 e. The van der Waals surface area contributed by atoms with Gasteiger partial charge < -0.3 is 10.5 Å². The van der Waals surface area contributed by atoms with E-state index < -0.39 is 0 Å². The zero-order chi connectivity index (χ0) is 13.0. The van der Waals surface area contributed by atoms with E-state index in [0.717, 1.165) is 5.56 Å². The first kappa shape index (κ1) is 12.2. The molecule has 0 aliphatic heterocycles. The van der Waals surface area contributed by atoms with Crippen LogP contribution in [0.1, 0.15) is 15.9 Å².